The molecule has 0 saturated carbocycles. The number of rotatable bonds is 15. The minimum atomic E-state index is -4.02. The van der Waals surface area contributed by atoms with E-state index in [2.05, 4.69) is 20.3 Å². The molecule has 1 unspecified atom stereocenters. The summed E-state index contributed by atoms with van der Waals surface area (Å²) in [5.41, 5.74) is 6.13. The Hall–Kier alpha value is -3.07. The van der Waals surface area contributed by atoms with Crippen molar-refractivity contribution < 1.29 is 46.9 Å². The van der Waals surface area contributed by atoms with Crippen LogP contribution < -0.4 is 5.73 Å². The predicted molar refractivity (Wildman–Crippen MR) is 126 cm³/mol. The van der Waals surface area contributed by atoms with E-state index in [1.165, 1.54) is 10.8 Å². The third kappa shape index (κ3) is 10.8. The lowest BCUT2D eigenvalue weighted by atomic mass is 10.1. The molecular weight excluding hydrogens is 515 g/mol. The lowest BCUT2D eigenvalue weighted by Crippen LogP contribution is -2.18. The lowest BCUT2D eigenvalue weighted by Gasteiger charge is -2.21. The molecule has 0 spiro atoms. The zero-order valence-corrected chi connectivity index (χ0v) is 22.3. The number of fused-ring (bicyclic) bond motifs is 1. The van der Waals surface area contributed by atoms with E-state index in [9.17, 15) is 14.2 Å². The van der Waals surface area contributed by atoms with Crippen LogP contribution in [-0.4, -0.2) is 75.4 Å². The molecule has 37 heavy (non-hydrogen) atoms. The van der Waals surface area contributed by atoms with E-state index < -0.39 is 52.0 Å². The Morgan fingerprint density at radius 2 is 1.59 bits per heavy atom. The number of hydrogen-bond acceptors (Lipinski definition) is 15. The molecule has 0 amide bonds. The summed E-state index contributed by atoms with van der Waals surface area (Å²) < 4.78 is 49.5. The topological polar surface area (TPSA) is 198 Å². The molecule has 2 aromatic heterocycles. The van der Waals surface area contributed by atoms with Crippen LogP contribution in [0.1, 0.15) is 53.3 Å². The fourth-order valence-corrected chi connectivity index (χ4v) is 3.76. The van der Waals surface area contributed by atoms with Gasteiger partial charge in [0.25, 0.3) is 0 Å². The largest absolute Gasteiger partial charge is 0.510 e. The maximum Gasteiger partial charge on any atom is 0.510 e. The number of nitrogens with two attached hydrogens (primary N) is 1. The average molecular weight is 548 g/mol. The smallest absolute Gasteiger partial charge is 0.432 e. The quantitative estimate of drug-likeness (QED) is 0.193. The molecule has 2 heterocycles. The van der Waals surface area contributed by atoms with E-state index in [0.29, 0.717) is 30.7 Å². The zero-order valence-electron chi connectivity index (χ0n) is 21.4. The monoisotopic (exact) mass is 548 g/mol. The second-order valence-electron chi connectivity index (χ2n) is 8.22. The highest BCUT2D eigenvalue weighted by Crippen LogP contribution is 2.48. The van der Waals surface area contributed by atoms with Gasteiger partial charge < -0.3 is 29.4 Å². The molecule has 208 valence electrons. The van der Waals surface area contributed by atoms with E-state index in [-0.39, 0.29) is 11.9 Å². The molecule has 16 nitrogen and oxygen atoms in total. The molecule has 2 N–H and O–H groups in total. The second-order valence-corrected chi connectivity index (χ2v) is 10.2. The van der Waals surface area contributed by atoms with Crippen LogP contribution in [0, 0.1) is 0 Å². The van der Waals surface area contributed by atoms with Crippen LogP contribution in [0.25, 0.3) is 5.65 Å². The van der Waals surface area contributed by atoms with Gasteiger partial charge in [-0.2, -0.15) is 9.61 Å². The van der Waals surface area contributed by atoms with Gasteiger partial charge in [-0.3, -0.25) is 13.6 Å². The van der Waals surface area contributed by atoms with E-state index in [4.69, 9.17) is 38.5 Å². The summed E-state index contributed by atoms with van der Waals surface area (Å²) in [6.45, 7) is 6.83. The molecule has 17 heteroatoms. The summed E-state index contributed by atoms with van der Waals surface area (Å²) >= 11 is 0. The molecule has 0 aromatic carbocycles. The highest BCUT2D eigenvalue weighted by Gasteiger charge is 2.28. The van der Waals surface area contributed by atoms with Crippen LogP contribution in [0.4, 0.5) is 15.4 Å². The van der Waals surface area contributed by atoms with Crippen molar-refractivity contribution in [2.45, 2.75) is 72.2 Å². The van der Waals surface area contributed by atoms with Crippen molar-refractivity contribution in [1.82, 2.24) is 24.8 Å². The normalized spacial score (nSPS) is 12.6. The highest BCUT2D eigenvalue weighted by atomic mass is 31.2. The van der Waals surface area contributed by atoms with E-state index >= 15 is 0 Å². The minimum absolute atomic E-state index is 0.226. The maximum absolute atomic E-state index is 13.1. The molecule has 0 aliphatic heterocycles. The number of aryl methyl sites for hydroxylation is 1. The fraction of sp³-hybridized carbons (Fsp3) is 0.700. The van der Waals surface area contributed by atoms with Crippen LogP contribution in [-0.2, 0) is 43.7 Å². The lowest BCUT2D eigenvalue weighted by molar-refractivity contribution is -0.0367. The Balaban J connectivity index is 1.85. The number of ether oxygens (including phenoxy) is 5. The number of nitrogen functional groups attached to an aromatic ring is 1. The first-order valence-electron chi connectivity index (χ1n) is 11.5. The van der Waals surface area contributed by atoms with Gasteiger partial charge in [0.2, 0.25) is 19.2 Å². The third-order valence-corrected chi connectivity index (χ3v) is 5.81. The van der Waals surface area contributed by atoms with Crippen LogP contribution in [0.3, 0.4) is 0 Å². The Labute approximate surface area is 213 Å². The van der Waals surface area contributed by atoms with Gasteiger partial charge in [0, 0.05) is 6.42 Å². The Morgan fingerprint density at radius 3 is 2.16 bits per heavy atom. The molecular formula is C20H33N6O10P. The molecule has 0 saturated heterocycles. The minimum Gasteiger partial charge on any atom is -0.432 e. The molecule has 0 fully saturated rings. The van der Waals surface area contributed by atoms with Crippen LogP contribution in [0.2, 0.25) is 0 Å². The van der Waals surface area contributed by atoms with Gasteiger partial charge in [-0.05, 0) is 47.5 Å². The Morgan fingerprint density at radius 1 is 1.00 bits per heavy atom. The first-order valence-corrected chi connectivity index (χ1v) is 13.2. The SMILES string of the molecule is CC(C)OC(=O)OCOP(=O)(COC(C)CCCc1nnc2c(N)ncnn12)OCOC(=O)OC(C)C. The maximum atomic E-state index is 13.1. The predicted octanol–water partition coefficient (Wildman–Crippen LogP) is 3.05. The molecule has 0 aliphatic carbocycles. The molecule has 2 rings (SSSR count). The average Bonchev–Trinajstić information content (AvgIpc) is 3.21. The van der Waals surface area contributed by atoms with E-state index in [0.717, 1.165) is 0 Å². The molecule has 1 atom stereocenters. The van der Waals surface area contributed by atoms with Crippen LogP contribution in [0.15, 0.2) is 6.33 Å². The van der Waals surface area contributed by atoms with Gasteiger partial charge >= 0.3 is 19.9 Å². The summed E-state index contributed by atoms with van der Waals surface area (Å²) in [4.78, 5) is 26.9. The van der Waals surface area contributed by atoms with Crippen molar-refractivity contribution in [3.8, 4) is 0 Å². The standard InChI is InChI=1S/C20H33N6O10P/c1-13(2)35-19(27)30-10-33-37(29,34-11-31-20(28)36-14(3)4)12-32-15(5)7-6-8-16-24-25-18-17(21)22-9-23-26(16)18/h9,13-15H,6-8,10-12H2,1-5H3,(H2,21,22,23). The van der Waals surface area contributed by atoms with Crippen molar-refractivity contribution in [1.29, 1.82) is 0 Å². The summed E-state index contributed by atoms with van der Waals surface area (Å²) in [6, 6.07) is 0. The van der Waals surface area contributed by atoms with E-state index in [1.54, 1.807) is 34.6 Å². The van der Waals surface area contributed by atoms with Gasteiger partial charge in [0.1, 0.15) is 12.7 Å². The number of hydrogen-bond donors (Lipinski definition) is 1. The van der Waals surface area contributed by atoms with Crippen molar-refractivity contribution >= 4 is 31.4 Å². The number of aromatic nitrogens is 5. The van der Waals surface area contributed by atoms with Gasteiger partial charge in [0.05, 0.1) is 18.3 Å². The molecule has 0 bridgehead atoms. The van der Waals surface area contributed by atoms with Gasteiger partial charge in [-0.15, -0.1) is 10.2 Å². The van der Waals surface area contributed by atoms with Crippen molar-refractivity contribution in [2.75, 3.05) is 25.7 Å². The van der Waals surface area contributed by atoms with Gasteiger partial charge in [-0.25, -0.2) is 14.6 Å². The molecule has 2 aromatic rings. The summed E-state index contributed by atoms with van der Waals surface area (Å²) in [6.07, 6.45) is -0.724. The number of carbonyl (C=O) groups is 2. The summed E-state index contributed by atoms with van der Waals surface area (Å²) in [5, 5.41) is 12.1. The number of anilines is 1. The van der Waals surface area contributed by atoms with Crippen molar-refractivity contribution in [3.05, 3.63) is 12.2 Å². The fourth-order valence-electron chi connectivity index (χ4n) is 2.67. The van der Waals surface area contributed by atoms with Crippen LogP contribution in [0.5, 0.6) is 0 Å². The summed E-state index contributed by atoms with van der Waals surface area (Å²) in [5.74, 6) is 0.827. The summed E-state index contributed by atoms with van der Waals surface area (Å²) in [7, 11) is -4.02. The Kier molecular flexibility index (Phi) is 11.9. The number of carbonyl (C=O) groups excluding carboxylic acids is 2. The van der Waals surface area contributed by atoms with Crippen molar-refractivity contribution in [2.24, 2.45) is 0 Å². The second kappa shape index (κ2) is 14.6. The molecule has 0 radical (unpaired) electrons. The van der Waals surface area contributed by atoms with E-state index in [1.807, 2.05) is 0 Å². The zero-order chi connectivity index (χ0) is 27.4. The highest BCUT2D eigenvalue weighted by molar-refractivity contribution is 7.53. The third-order valence-electron chi connectivity index (χ3n) is 4.34. The molecule has 0 aliphatic rings. The number of nitrogens with zero attached hydrogens (tertiary/aromatic N) is 5. The van der Waals surface area contributed by atoms with Crippen molar-refractivity contribution in [3.63, 3.8) is 0 Å². The first kappa shape index (κ1) is 30.2. The van der Waals surface area contributed by atoms with Crippen LogP contribution >= 0.6 is 7.60 Å². The van der Waals surface area contributed by atoms with Gasteiger partial charge in [0.15, 0.2) is 11.6 Å². The Bertz CT molecular complexity index is 1030. The van der Waals surface area contributed by atoms with Gasteiger partial charge in [-0.1, -0.05) is 0 Å². The first-order chi connectivity index (χ1) is 17.5.